The highest BCUT2D eigenvalue weighted by Gasteiger charge is 2.22. The van der Waals surface area contributed by atoms with Crippen molar-refractivity contribution in [1.82, 2.24) is 14.9 Å². The lowest BCUT2D eigenvalue weighted by Crippen LogP contribution is -2.35. The predicted molar refractivity (Wildman–Crippen MR) is 98.8 cm³/mol. The van der Waals surface area contributed by atoms with E-state index in [0.717, 1.165) is 17.7 Å². The summed E-state index contributed by atoms with van der Waals surface area (Å²) in [6, 6.07) is 8.98. The average molecular weight is 386 g/mol. The molecule has 1 aromatic heterocycles. The Labute approximate surface area is 158 Å². The van der Waals surface area contributed by atoms with Crippen molar-refractivity contribution in [2.45, 2.75) is 19.5 Å². The Morgan fingerprint density at radius 3 is 2.46 bits per heavy atom. The molecule has 5 nitrogen and oxygen atoms in total. The van der Waals surface area contributed by atoms with Crippen molar-refractivity contribution in [3.63, 3.8) is 0 Å². The molecule has 0 unspecified atom stereocenters. The molecule has 1 aliphatic heterocycles. The minimum Gasteiger partial charge on any atom is -0.399 e. The Morgan fingerprint density at radius 2 is 1.79 bits per heavy atom. The Morgan fingerprint density at radius 1 is 1.11 bits per heavy atom. The van der Waals surface area contributed by atoms with E-state index in [4.69, 9.17) is 5.73 Å². The molecule has 3 N–H and O–H groups in total. The molecule has 0 fully saturated rings. The second-order valence-electron chi connectivity index (χ2n) is 6.80. The number of H-pyrrole nitrogens is 1. The molecular formula is C20H17F3N4O. The summed E-state index contributed by atoms with van der Waals surface area (Å²) >= 11 is 0. The van der Waals surface area contributed by atoms with Crippen molar-refractivity contribution in [2.75, 3.05) is 12.3 Å². The highest BCUT2D eigenvalue weighted by molar-refractivity contribution is 5.58. The van der Waals surface area contributed by atoms with Gasteiger partial charge >= 0.3 is 0 Å². The van der Waals surface area contributed by atoms with Gasteiger partial charge in [0.1, 0.15) is 5.82 Å². The Balaban J connectivity index is 1.57. The van der Waals surface area contributed by atoms with Gasteiger partial charge in [-0.25, -0.2) is 18.2 Å². The first-order valence-corrected chi connectivity index (χ1v) is 8.74. The summed E-state index contributed by atoms with van der Waals surface area (Å²) in [5.41, 5.74) is 8.34. The van der Waals surface area contributed by atoms with E-state index in [-0.39, 0.29) is 12.1 Å². The molecule has 0 saturated heterocycles. The fraction of sp³-hybridized carbons (Fsp3) is 0.200. The van der Waals surface area contributed by atoms with E-state index in [2.05, 4.69) is 9.97 Å². The number of halogens is 3. The molecule has 144 valence electrons. The SMILES string of the molecule is Nc1ccc(-c2nc3c(c(=O)[nH]2)CN(Cc2cc(F)c(F)c(F)c2)CC3)cc1. The molecule has 3 aromatic rings. The minimum atomic E-state index is -1.48. The van der Waals surface area contributed by atoms with Crippen molar-refractivity contribution in [2.24, 2.45) is 0 Å². The first-order valence-electron chi connectivity index (χ1n) is 8.74. The zero-order chi connectivity index (χ0) is 19.8. The lowest BCUT2D eigenvalue weighted by atomic mass is 10.1. The van der Waals surface area contributed by atoms with Crippen LogP contribution in [0.1, 0.15) is 16.8 Å². The highest BCUT2D eigenvalue weighted by Crippen LogP contribution is 2.22. The summed E-state index contributed by atoms with van der Waals surface area (Å²) < 4.78 is 40.0. The molecule has 0 radical (unpaired) electrons. The number of nitrogens with one attached hydrogen (secondary N) is 1. The van der Waals surface area contributed by atoms with Gasteiger partial charge in [0.15, 0.2) is 17.5 Å². The minimum absolute atomic E-state index is 0.201. The quantitative estimate of drug-likeness (QED) is 0.536. The fourth-order valence-corrected chi connectivity index (χ4v) is 3.35. The number of hydrogen-bond acceptors (Lipinski definition) is 4. The topological polar surface area (TPSA) is 75.0 Å². The maximum atomic E-state index is 13.4. The van der Waals surface area contributed by atoms with E-state index < -0.39 is 17.5 Å². The third-order valence-corrected chi connectivity index (χ3v) is 4.78. The van der Waals surface area contributed by atoms with E-state index in [1.165, 1.54) is 0 Å². The Kier molecular flexibility index (Phi) is 4.64. The standard InChI is InChI=1S/C20H17F3N4O/c21-15-7-11(8-16(22)18(15)23)9-27-6-5-17-14(10-27)20(28)26-19(25-17)12-1-3-13(24)4-2-12/h1-4,7-8H,5-6,9-10,24H2,(H,25,26,28). The Bertz CT molecular complexity index is 1070. The third-order valence-electron chi connectivity index (χ3n) is 4.78. The summed E-state index contributed by atoms with van der Waals surface area (Å²) in [5, 5.41) is 0. The summed E-state index contributed by atoms with van der Waals surface area (Å²) in [4.78, 5) is 21.8. The maximum Gasteiger partial charge on any atom is 0.255 e. The van der Waals surface area contributed by atoms with Crippen LogP contribution >= 0.6 is 0 Å². The molecule has 2 heterocycles. The summed E-state index contributed by atoms with van der Waals surface area (Å²) in [6.07, 6.45) is 0.521. The van der Waals surface area contributed by atoms with Crippen molar-refractivity contribution in [1.29, 1.82) is 0 Å². The Hall–Kier alpha value is -3.13. The zero-order valence-corrected chi connectivity index (χ0v) is 14.8. The van der Waals surface area contributed by atoms with Crippen molar-refractivity contribution in [3.8, 4) is 11.4 Å². The molecule has 4 rings (SSSR count). The summed E-state index contributed by atoms with van der Waals surface area (Å²) in [6.45, 7) is 1.05. The van der Waals surface area contributed by atoms with Gasteiger partial charge in [0.25, 0.3) is 5.56 Å². The lowest BCUT2D eigenvalue weighted by molar-refractivity contribution is 0.241. The van der Waals surface area contributed by atoms with Gasteiger partial charge in [0.05, 0.1) is 11.3 Å². The normalized spacial score (nSPS) is 14.1. The van der Waals surface area contributed by atoms with Gasteiger partial charge in [0, 0.05) is 37.3 Å². The van der Waals surface area contributed by atoms with E-state index in [1.807, 2.05) is 4.90 Å². The van der Waals surface area contributed by atoms with Crippen LogP contribution < -0.4 is 11.3 Å². The van der Waals surface area contributed by atoms with Crippen LogP contribution in [-0.2, 0) is 19.5 Å². The first-order chi connectivity index (χ1) is 13.4. The zero-order valence-electron chi connectivity index (χ0n) is 14.8. The van der Waals surface area contributed by atoms with Crippen LogP contribution in [0.2, 0.25) is 0 Å². The van der Waals surface area contributed by atoms with Gasteiger partial charge in [-0.2, -0.15) is 0 Å². The van der Waals surface area contributed by atoms with Crippen LogP contribution in [0.5, 0.6) is 0 Å². The molecule has 0 amide bonds. The van der Waals surface area contributed by atoms with Crippen LogP contribution in [0.4, 0.5) is 18.9 Å². The number of fused-ring (bicyclic) bond motifs is 1. The number of anilines is 1. The molecule has 0 saturated carbocycles. The molecule has 2 aromatic carbocycles. The monoisotopic (exact) mass is 386 g/mol. The number of rotatable bonds is 3. The third kappa shape index (κ3) is 3.50. The van der Waals surface area contributed by atoms with Gasteiger partial charge < -0.3 is 10.7 Å². The number of hydrogen-bond donors (Lipinski definition) is 2. The van der Waals surface area contributed by atoms with E-state index >= 15 is 0 Å². The van der Waals surface area contributed by atoms with Gasteiger partial charge in [-0.1, -0.05) is 0 Å². The van der Waals surface area contributed by atoms with Crippen LogP contribution in [0, 0.1) is 17.5 Å². The number of benzene rings is 2. The van der Waals surface area contributed by atoms with E-state index in [1.54, 1.807) is 24.3 Å². The molecule has 28 heavy (non-hydrogen) atoms. The fourth-order valence-electron chi connectivity index (χ4n) is 3.35. The predicted octanol–water partition coefficient (Wildman–Crippen LogP) is 2.99. The van der Waals surface area contributed by atoms with Crippen molar-refractivity contribution < 1.29 is 13.2 Å². The van der Waals surface area contributed by atoms with E-state index in [9.17, 15) is 18.0 Å². The number of aromatic amines is 1. The van der Waals surface area contributed by atoms with Crippen LogP contribution in [0.25, 0.3) is 11.4 Å². The first kappa shape index (κ1) is 18.2. The molecular weight excluding hydrogens is 369 g/mol. The summed E-state index contributed by atoms with van der Waals surface area (Å²) in [7, 11) is 0. The maximum absolute atomic E-state index is 13.4. The number of aromatic nitrogens is 2. The van der Waals surface area contributed by atoms with Crippen molar-refractivity contribution >= 4 is 5.69 Å². The summed E-state index contributed by atoms with van der Waals surface area (Å²) in [5.74, 6) is -3.46. The van der Waals surface area contributed by atoms with Gasteiger partial charge in [0.2, 0.25) is 0 Å². The highest BCUT2D eigenvalue weighted by atomic mass is 19.2. The second kappa shape index (κ2) is 7.12. The molecule has 8 heteroatoms. The van der Waals surface area contributed by atoms with Crippen LogP contribution in [-0.4, -0.2) is 21.4 Å². The average Bonchev–Trinajstić information content (AvgIpc) is 2.67. The molecule has 0 aliphatic carbocycles. The number of nitrogen functional groups attached to an aromatic ring is 1. The molecule has 0 spiro atoms. The van der Waals surface area contributed by atoms with Gasteiger partial charge in [-0.3, -0.25) is 9.69 Å². The lowest BCUT2D eigenvalue weighted by Gasteiger charge is -2.27. The van der Waals surface area contributed by atoms with Crippen LogP contribution in [0.15, 0.2) is 41.2 Å². The second-order valence-corrected chi connectivity index (χ2v) is 6.80. The molecule has 0 bridgehead atoms. The smallest absolute Gasteiger partial charge is 0.255 e. The van der Waals surface area contributed by atoms with Gasteiger partial charge in [-0.05, 0) is 42.0 Å². The van der Waals surface area contributed by atoms with Gasteiger partial charge in [-0.15, -0.1) is 0 Å². The van der Waals surface area contributed by atoms with E-state index in [0.29, 0.717) is 47.8 Å². The number of nitrogens with two attached hydrogens (primary N) is 1. The number of nitrogens with zero attached hydrogens (tertiary/aromatic N) is 2. The van der Waals surface area contributed by atoms with Crippen molar-refractivity contribution in [3.05, 3.63) is 81.0 Å². The molecule has 1 aliphatic rings. The van der Waals surface area contributed by atoms with Crippen LogP contribution in [0.3, 0.4) is 0 Å². The molecule has 0 atom stereocenters. The largest absolute Gasteiger partial charge is 0.399 e.